The predicted octanol–water partition coefficient (Wildman–Crippen LogP) is -0.733. The van der Waals surface area contributed by atoms with Gasteiger partial charge in [-0.05, 0) is 0 Å². The van der Waals surface area contributed by atoms with Gasteiger partial charge in [-0.3, -0.25) is 0 Å². The molecule has 51 valence electrons. The first kappa shape index (κ1) is 8.06. The summed E-state index contributed by atoms with van der Waals surface area (Å²) in [6, 6.07) is 0. The number of hydrogen-bond acceptors (Lipinski definition) is 3. The Labute approximate surface area is 52.0 Å². The molecule has 0 atom stereocenters. The van der Waals surface area contributed by atoms with E-state index in [4.69, 9.17) is 10.9 Å². The third kappa shape index (κ3) is 3.63. The zero-order valence-electron chi connectivity index (χ0n) is 4.78. The van der Waals surface area contributed by atoms with Crippen molar-refractivity contribution >= 4 is 12.4 Å². The van der Waals surface area contributed by atoms with Crippen LogP contribution in [0.2, 0.25) is 0 Å². The van der Waals surface area contributed by atoms with Crippen molar-refractivity contribution in [2.75, 3.05) is 6.54 Å². The van der Waals surface area contributed by atoms with Crippen LogP contribution < -0.4 is 10.9 Å². The van der Waals surface area contributed by atoms with E-state index >= 15 is 0 Å². The van der Waals surface area contributed by atoms with Gasteiger partial charge in [0.15, 0.2) is 6.54 Å². The number of hydrogen-bond donors (Lipinski definition) is 2. The maximum Gasteiger partial charge on any atom is 0.586 e. The number of rotatable bonds is 3. The second kappa shape index (κ2) is 3.99. The molecule has 0 saturated heterocycles. The molecule has 5 nitrogen and oxygen atoms in total. The van der Waals surface area contributed by atoms with Gasteiger partial charge in [-0.15, -0.1) is 5.84 Å². The number of nitrogens with zero attached hydrogens (tertiary/aromatic N) is 1. The van der Waals surface area contributed by atoms with Gasteiger partial charge in [-0.1, -0.05) is 0 Å². The van der Waals surface area contributed by atoms with Crippen molar-refractivity contribution in [3.63, 3.8) is 0 Å². The van der Waals surface area contributed by atoms with Crippen molar-refractivity contribution < 1.29 is 14.7 Å². The predicted molar refractivity (Wildman–Crippen MR) is 29.9 cm³/mol. The lowest BCUT2D eigenvalue weighted by Crippen LogP contribution is -2.43. The molecule has 0 heterocycles. The van der Waals surface area contributed by atoms with Crippen LogP contribution in [0.4, 0.5) is 4.79 Å². The molecule has 5 heteroatoms. The summed E-state index contributed by atoms with van der Waals surface area (Å²) in [6.07, 6.45) is -0.470. The number of carbonyl (C=O) groups is 2. The summed E-state index contributed by atoms with van der Waals surface area (Å²) in [5.74, 6) is 4.88. The zero-order chi connectivity index (χ0) is 7.28. The van der Waals surface area contributed by atoms with E-state index in [-0.39, 0.29) is 13.0 Å². The van der Waals surface area contributed by atoms with Crippen LogP contribution in [-0.2, 0) is 4.79 Å². The summed E-state index contributed by atoms with van der Waals surface area (Å²) in [4.78, 5) is 19.5. The van der Waals surface area contributed by atoms with Crippen molar-refractivity contribution in [3.8, 4) is 0 Å². The minimum Gasteiger partial charge on any atom is -0.430 e. The van der Waals surface area contributed by atoms with Crippen LogP contribution in [0, 0.1) is 0 Å². The van der Waals surface area contributed by atoms with Crippen LogP contribution in [0.15, 0.2) is 0 Å². The van der Waals surface area contributed by atoms with Gasteiger partial charge in [0, 0.05) is 5.01 Å². The van der Waals surface area contributed by atoms with Gasteiger partial charge < -0.3 is 9.90 Å². The van der Waals surface area contributed by atoms with Crippen molar-refractivity contribution in [1.29, 1.82) is 0 Å². The van der Waals surface area contributed by atoms with E-state index in [0.29, 0.717) is 11.3 Å². The van der Waals surface area contributed by atoms with Crippen molar-refractivity contribution in [3.05, 3.63) is 0 Å². The molecular weight excluding hydrogens is 124 g/mol. The van der Waals surface area contributed by atoms with E-state index in [0.717, 1.165) is 0 Å². The number of nitrogens with two attached hydrogens (primary N) is 1. The molecule has 0 aromatic heterocycles. The Kier molecular flexibility index (Phi) is 3.57. The monoisotopic (exact) mass is 132 g/mol. The highest BCUT2D eigenvalue weighted by Crippen LogP contribution is 1.76. The minimum atomic E-state index is -1.23. The highest BCUT2D eigenvalue weighted by molar-refractivity contribution is 5.67. The Morgan fingerprint density at radius 3 is 2.67 bits per heavy atom. The number of aldehydes is 1. The van der Waals surface area contributed by atoms with E-state index in [1.54, 1.807) is 0 Å². The summed E-state index contributed by atoms with van der Waals surface area (Å²) in [5.41, 5.74) is 0. The first-order valence-electron chi connectivity index (χ1n) is 2.37. The molecule has 0 fully saturated rings. The molecule has 9 heavy (non-hydrogen) atoms. The molecule has 0 spiro atoms. The zero-order valence-corrected chi connectivity index (χ0v) is 4.78. The second-order valence-corrected chi connectivity index (χ2v) is 1.43. The molecule has 0 aliphatic carbocycles. The Morgan fingerprint density at radius 1 is 1.78 bits per heavy atom. The van der Waals surface area contributed by atoms with Crippen LogP contribution in [-0.4, -0.2) is 24.0 Å². The van der Waals surface area contributed by atoms with Crippen molar-refractivity contribution in [2.24, 2.45) is 5.84 Å². The van der Waals surface area contributed by atoms with E-state index in [1.165, 1.54) is 0 Å². The number of carboxylic acid groups (broad SMARTS) is 1. The average Bonchev–Trinajstić information content (AvgIpc) is 1.82. The van der Waals surface area contributed by atoms with Gasteiger partial charge >= 0.3 is 6.09 Å². The van der Waals surface area contributed by atoms with Crippen LogP contribution >= 0.6 is 0 Å². The Balaban J connectivity index is 3.37. The highest BCUT2D eigenvalue weighted by Gasteiger charge is 2.19. The Hall–Kier alpha value is -0.940. The lowest BCUT2D eigenvalue weighted by atomic mass is 10.5. The fraction of sp³-hybridized carbons (Fsp3) is 0.500. The summed E-state index contributed by atoms with van der Waals surface area (Å²) < 4.78 is 0. The first-order chi connectivity index (χ1) is 4.18. The Bertz CT molecular complexity index is 114. The SMILES string of the molecule is N[N+](CCC=O)C(=O)O. The van der Waals surface area contributed by atoms with Crippen LogP contribution in [0.25, 0.3) is 0 Å². The quantitative estimate of drug-likeness (QED) is 0.174. The van der Waals surface area contributed by atoms with Crippen LogP contribution in [0.5, 0.6) is 0 Å². The van der Waals surface area contributed by atoms with Gasteiger partial charge in [0.1, 0.15) is 6.29 Å². The van der Waals surface area contributed by atoms with Gasteiger partial charge in [0.05, 0.1) is 6.42 Å². The minimum absolute atomic E-state index is 0.0544. The molecule has 0 aromatic rings. The molecule has 1 radical (unpaired) electrons. The molecule has 0 aliphatic rings. The topological polar surface area (TPSA) is 86.3 Å². The summed E-state index contributed by atoms with van der Waals surface area (Å²) >= 11 is 0. The van der Waals surface area contributed by atoms with E-state index in [1.807, 2.05) is 0 Å². The van der Waals surface area contributed by atoms with Crippen molar-refractivity contribution in [2.45, 2.75) is 6.42 Å². The molecule has 0 unspecified atom stereocenters. The van der Waals surface area contributed by atoms with Gasteiger partial charge in [0.2, 0.25) is 0 Å². The molecule has 0 aromatic carbocycles. The van der Waals surface area contributed by atoms with Crippen LogP contribution in [0.3, 0.4) is 0 Å². The summed E-state index contributed by atoms with van der Waals surface area (Å²) in [5, 5.41) is 8.66. The summed E-state index contributed by atoms with van der Waals surface area (Å²) in [7, 11) is 0. The highest BCUT2D eigenvalue weighted by atomic mass is 16.4. The normalized spacial score (nSPS) is 9.56. The molecule has 1 amide bonds. The smallest absolute Gasteiger partial charge is 0.430 e. The van der Waals surface area contributed by atoms with Crippen LogP contribution in [0.1, 0.15) is 6.42 Å². The molecule has 0 rings (SSSR count). The molecule has 0 aliphatic heterocycles. The van der Waals surface area contributed by atoms with E-state index in [2.05, 4.69) is 0 Å². The second-order valence-electron chi connectivity index (χ2n) is 1.43. The van der Waals surface area contributed by atoms with E-state index < -0.39 is 6.09 Å². The average molecular weight is 132 g/mol. The number of amides is 1. The molecule has 0 saturated carbocycles. The maximum atomic E-state index is 9.89. The third-order valence-electron chi connectivity index (χ3n) is 0.734. The standard InChI is InChI=1S/C4H8N2O3/c5-6(4(8)9)2-1-3-7/h3H,1-2,5H2,(H,8,9)/q+1. The fourth-order valence-electron chi connectivity index (χ4n) is 0.287. The van der Waals surface area contributed by atoms with E-state index in [9.17, 15) is 9.59 Å². The maximum absolute atomic E-state index is 9.89. The molecule has 3 N–H and O–H groups in total. The van der Waals surface area contributed by atoms with Crippen molar-refractivity contribution in [1.82, 2.24) is 5.01 Å². The third-order valence-corrected chi connectivity index (χ3v) is 0.734. The number of carbonyl (C=O) groups excluding carboxylic acids is 1. The molecule has 0 bridgehead atoms. The van der Waals surface area contributed by atoms with Gasteiger partial charge in [0.25, 0.3) is 0 Å². The largest absolute Gasteiger partial charge is 0.586 e. The Morgan fingerprint density at radius 2 is 2.33 bits per heavy atom. The lowest BCUT2D eigenvalue weighted by Gasteiger charge is -1.91. The lowest BCUT2D eigenvalue weighted by molar-refractivity contribution is -0.107. The summed E-state index contributed by atoms with van der Waals surface area (Å²) in [6.45, 7) is 0.0544. The fourth-order valence-corrected chi connectivity index (χ4v) is 0.287. The van der Waals surface area contributed by atoms with Gasteiger partial charge in [-0.25, -0.2) is 0 Å². The molecular formula is C4H8N2O3+. The van der Waals surface area contributed by atoms with Gasteiger partial charge in [-0.2, -0.15) is 4.79 Å². The number of hydrazine groups is 1. The first-order valence-corrected chi connectivity index (χ1v) is 2.37.